The van der Waals surface area contributed by atoms with Crippen LogP contribution >= 0.6 is 0 Å². The minimum absolute atomic E-state index is 0.307. The van der Waals surface area contributed by atoms with Crippen LogP contribution in [0.1, 0.15) is 34.1 Å². The average molecular weight is 174 g/mol. The van der Waals surface area contributed by atoms with Gasteiger partial charge in [-0.15, -0.1) is 0 Å². The van der Waals surface area contributed by atoms with Crippen molar-refractivity contribution in [2.45, 2.75) is 39.7 Å². The summed E-state index contributed by atoms with van der Waals surface area (Å²) in [7, 11) is 0. The van der Waals surface area contributed by atoms with Gasteiger partial charge in [0.05, 0.1) is 11.5 Å². The first-order valence-electron chi connectivity index (χ1n) is 4.22. The molecule has 2 unspecified atom stereocenters. The van der Waals surface area contributed by atoms with Crippen LogP contribution in [0.4, 0.5) is 0 Å². The van der Waals surface area contributed by atoms with Gasteiger partial charge in [-0.05, 0) is 26.2 Å². The van der Waals surface area contributed by atoms with E-state index in [1.54, 1.807) is 6.92 Å². The highest BCUT2D eigenvalue weighted by Crippen LogP contribution is 2.24. The third-order valence-electron chi connectivity index (χ3n) is 2.12. The molecule has 0 saturated carbocycles. The molecule has 0 aliphatic heterocycles. The molecule has 3 nitrogen and oxygen atoms in total. The van der Waals surface area contributed by atoms with Crippen LogP contribution < -0.4 is 0 Å². The van der Waals surface area contributed by atoms with E-state index in [4.69, 9.17) is 5.11 Å². The molecular formula is C9H18O3. The van der Waals surface area contributed by atoms with E-state index in [1.165, 1.54) is 6.92 Å². The molecule has 0 aliphatic carbocycles. The van der Waals surface area contributed by atoms with Crippen LogP contribution in [0.25, 0.3) is 0 Å². The summed E-state index contributed by atoms with van der Waals surface area (Å²) >= 11 is 0. The van der Waals surface area contributed by atoms with E-state index in [2.05, 4.69) is 0 Å². The molecule has 0 radical (unpaired) electrons. The van der Waals surface area contributed by atoms with Crippen LogP contribution in [-0.2, 0) is 4.79 Å². The quantitative estimate of drug-likeness (QED) is 0.679. The van der Waals surface area contributed by atoms with Crippen LogP contribution in [0.5, 0.6) is 0 Å². The number of rotatable bonds is 4. The Labute approximate surface area is 73.4 Å². The van der Waals surface area contributed by atoms with Gasteiger partial charge in [-0.1, -0.05) is 13.8 Å². The van der Waals surface area contributed by atoms with Gasteiger partial charge in [0.15, 0.2) is 0 Å². The maximum atomic E-state index is 10.6. The van der Waals surface area contributed by atoms with Crippen molar-refractivity contribution < 1.29 is 15.0 Å². The smallest absolute Gasteiger partial charge is 0.309 e. The van der Waals surface area contributed by atoms with Crippen molar-refractivity contribution >= 4 is 5.97 Å². The van der Waals surface area contributed by atoms with Crippen molar-refractivity contribution in [1.82, 2.24) is 0 Å². The first kappa shape index (κ1) is 11.4. The van der Waals surface area contributed by atoms with Gasteiger partial charge >= 0.3 is 5.97 Å². The molecule has 2 atom stereocenters. The van der Waals surface area contributed by atoms with Gasteiger partial charge in [0.2, 0.25) is 0 Å². The van der Waals surface area contributed by atoms with E-state index >= 15 is 0 Å². The van der Waals surface area contributed by atoms with E-state index in [-0.39, 0.29) is 0 Å². The van der Waals surface area contributed by atoms with Gasteiger partial charge in [-0.25, -0.2) is 0 Å². The van der Waals surface area contributed by atoms with Crippen LogP contribution in [0, 0.1) is 11.8 Å². The average Bonchev–Trinajstić information content (AvgIpc) is 1.82. The number of aliphatic hydroxyl groups is 1. The molecular weight excluding hydrogens is 156 g/mol. The summed E-state index contributed by atoms with van der Waals surface area (Å²) in [6.45, 7) is 7.03. The molecule has 0 aromatic rings. The van der Waals surface area contributed by atoms with E-state index in [0.29, 0.717) is 12.3 Å². The molecule has 0 heterocycles. The van der Waals surface area contributed by atoms with Crippen LogP contribution in [0.3, 0.4) is 0 Å². The lowest BCUT2D eigenvalue weighted by atomic mass is 9.83. The Balaban J connectivity index is 4.28. The summed E-state index contributed by atoms with van der Waals surface area (Å²) < 4.78 is 0. The first-order chi connectivity index (χ1) is 5.27. The third-order valence-corrected chi connectivity index (χ3v) is 2.12. The summed E-state index contributed by atoms with van der Waals surface area (Å²) in [5.74, 6) is -1.35. The van der Waals surface area contributed by atoms with Crippen molar-refractivity contribution in [2.75, 3.05) is 0 Å². The topological polar surface area (TPSA) is 57.5 Å². The lowest BCUT2D eigenvalue weighted by molar-refractivity contribution is -0.150. The summed E-state index contributed by atoms with van der Waals surface area (Å²) in [6, 6.07) is 0. The highest BCUT2D eigenvalue weighted by atomic mass is 16.4. The Hall–Kier alpha value is -0.570. The summed E-state index contributed by atoms with van der Waals surface area (Å²) in [5, 5.41) is 18.4. The first-order valence-corrected chi connectivity index (χ1v) is 4.22. The Bertz CT molecular complexity index is 161. The molecule has 12 heavy (non-hydrogen) atoms. The van der Waals surface area contributed by atoms with E-state index in [9.17, 15) is 9.90 Å². The van der Waals surface area contributed by atoms with Crippen LogP contribution in [0.15, 0.2) is 0 Å². The summed E-state index contributed by atoms with van der Waals surface area (Å²) in [4.78, 5) is 10.6. The van der Waals surface area contributed by atoms with Gasteiger partial charge in [0.1, 0.15) is 0 Å². The van der Waals surface area contributed by atoms with Gasteiger partial charge < -0.3 is 10.2 Å². The maximum Gasteiger partial charge on any atom is 0.309 e. The molecule has 72 valence electrons. The van der Waals surface area contributed by atoms with E-state index in [0.717, 1.165) is 0 Å². The molecule has 2 N–H and O–H groups in total. The lowest BCUT2D eigenvalue weighted by Gasteiger charge is -2.28. The molecule has 0 amide bonds. The third kappa shape index (κ3) is 3.22. The second kappa shape index (κ2) is 3.90. The fourth-order valence-corrected chi connectivity index (χ4v) is 1.27. The predicted molar refractivity (Wildman–Crippen MR) is 46.9 cm³/mol. The fraction of sp³-hybridized carbons (Fsp3) is 0.889. The minimum atomic E-state index is -1.10. The van der Waals surface area contributed by atoms with Gasteiger partial charge in [0.25, 0.3) is 0 Å². The van der Waals surface area contributed by atoms with Gasteiger partial charge in [-0.3, -0.25) is 4.79 Å². The normalized spacial score (nSPS) is 18.8. The number of carboxylic acid groups (broad SMARTS) is 1. The number of hydrogen-bond acceptors (Lipinski definition) is 2. The number of hydrogen-bond donors (Lipinski definition) is 2. The number of carbonyl (C=O) groups is 1. The van der Waals surface area contributed by atoms with Gasteiger partial charge in [-0.2, -0.15) is 0 Å². The SMILES string of the molecule is CC(C)CC(C)(O)C(C)C(=O)O. The molecule has 0 rings (SSSR count). The standard InChI is InChI=1S/C9H18O3/c1-6(2)5-9(4,12)7(3)8(10)11/h6-7,12H,5H2,1-4H3,(H,10,11). The van der Waals surface area contributed by atoms with Crippen LogP contribution in [-0.4, -0.2) is 21.8 Å². The fourth-order valence-electron chi connectivity index (χ4n) is 1.27. The van der Waals surface area contributed by atoms with Crippen molar-refractivity contribution in [1.29, 1.82) is 0 Å². The minimum Gasteiger partial charge on any atom is -0.481 e. The highest BCUT2D eigenvalue weighted by Gasteiger charge is 2.33. The monoisotopic (exact) mass is 174 g/mol. The Morgan fingerprint density at radius 2 is 1.83 bits per heavy atom. The van der Waals surface area contributed by atoms with E-state index < -0.39 is 17.5 Å². The molecule has 0 saturated heterocycles. The van der Waals surface area contributed by atoms with Crippen molar-refractivity contribution in [3.8, 4) is 0 Å². The zero-order chi connectivity index (χ0) is 9.94. The number of aliphatic carboxylic acids is 1. The van der Waals surface area contributed by atoms with Gasteiger partial charge in [0, 0.05) is 0 Å². The Kier molecular flexibility index (Phi) is 3.71. The Morgan fingerprint density at radius 1 is 1.42 bits per heavy atom. The largest absolute Gasteiger partial charge is 0.481 e. The second-order valence-electron chi connectivity index (χ2n) is 4.02. The zero-order valence-electron chi connectivity index (χ0n) is 8.16. The van der Waals surface area contributed by atoms with Crippen molar-refractivity contribution in [3.63, 3.8) is 0 Å². The van der Waals surface area contributed by atoms with Crippen molar-refractivity contribution in [3.05, 3.63) is 0 Å². The molecule has 0 spiro atoms. The zero-order valence-corrected chi connectivity index (χ0v) is 8.16. The Morgan fingerprint density at radius 3 is 2.08 bits per heavy atom. The molecule has 0 aromatic carbocycles. The summed E-state index contributed by atoms with van der Waals surface area (Å²) in [5.41, 5.74) is -1.10. The second-order valence-corrected chi connectivity index (χ2v) is 4.02. The highest BCUT2D eigenvalue weighted by molar-refractivity contribution is 5.70. The molecule has 0 aromatic heterocycles. The van der Waals surface area contributed by atoms with Crippen LogP contribution in [0.2, 0.25) is 0 Å². The lowest BCUT2D eigenvalue weighted by Crippen LogP contribution is -2.38. The molecule has 0 bridgehead atoms. The number of carboxylic acids is 1. The summed E-state index contributed by atoms with van der Waals surface area (Å²) in [6.07, 6.45) is 0.514. The maximum absolute atomic E-state index is 10.6. The molecule has 3 heteroatoms. The van der Waals surface area contributed by atoms with E-state index in [1.807, 2.05) is 13.8 Å². The van der Waals surface area contributed by atoms with Crippen molar-refractivity contribution in [2.24, 2.45) is 11.8 Å². The predicted octanol–water partition coefficient (Wildman–Crippen LogP) is 1.50. The molecule has 0 aliphatic rings. The molecule has 0 fully saturated rings.